The van der Waals surface area contributed by atoms with Gasteiger partial charge in [-0.2, -0.15) is 4.31 Å². The lowest BCUT2D eigenvalue weighted by Crippen LogP contribution is -2.38. The molecule has 1 aliphatic heterocycles. The zero-order valence-corrected chi connectivity index (χ0v) is 16.3. The summed E-state index contributed by atoms with van der Waals surface area (Å²) in [7, 11) is -1.98. The summed E-state index contributed by atoms with van der Waals surface area (Å²) >= 11 is 0. The fourth-order valence-electron chi connectivity index (χ4n) is 2.76. The monoisotopic (exact) mass is 432 g/mol. The summed E-state index contributed by atoms with van der Waals surface area (Å²) in [5.74, 6) is 0.238. The first-order valence-corrected chi connectivity index (χ1v) is 10.1. The molecule has 8 nitrogen and oxygen atoms in total. The van der Waals surface area contributed by atoms with Crippen LogP contribution in [0.5, 0.6) is 5.75 Å². The van der Waals surface area contributed by atoms with Crippen molar-refractivity contribution in [1.29, 1.82) is 0 Å². The van der Waals surface area contributed by atoms with E-state index >= 15 is 0 Å². The third-order valence-electron chi connectivity index (χ3n) is 4.30. The van der Waals surface area contributed by atoms with E-state index in [1.165, 1.54) is 4.31 Å². The van der Waals surface area contributed by atoms with E-state index in [-0.39, 0.29) is 24.6 Å². The molecule has 158 valence electrons. The Morgan fingerprint density at radius 1 is 1.17 bits per heavy atom. The Morgan fingerprint density at radius 3 is 2.38 bits per heavy atom. The maximum absolute atomic E-state index is 12.7. The van der Waals surface area contributed by atoms with Gasteiger partial charge in [0.05, 0.1) is 10.6 Å². The highest BCUT2D eigenvalue weighted by Gasteiger charge is 2.32. The van der Waals surface area contributed by atoms with Crippen LogP contribution in [-0.2, 0) is 28.5 Å². The van der Waals surface area contributed by atoms with Crippen molar-refractivity contribution < 1.29 is 31.2 Å². The maximum atomic E-state index is 12.7. The van der Waals surface area contributed by atoms with Gasteiger partial charge in [0.1, 0.15) is 11.6 Å². The predicted molar refractivity (Wildman–Crippen MR) is 96.5 cm³/mol. The maximum Gasteiger partial charge on any atom is 0.573 e. The van der Waals surface area contributed by atoms with Gasteiger partial charge in [-0.3, -0.25) is 0 Å². The van der Waals surface area contributed by atoms with E-state index in [0.29, 0.717) is 18.7 Å². The summed E-state index contributed by atoms with van der Waals surface area (Å²) in [4.78, 5) is 9.30. The minimum Gasteiger partial charge on any atom is -0.406 e. The minimum atomic E-state index is -4.83. The summed E-state index contributed by atoms with van der Waals surface area (Å²) in [5.41, 5.74) is 0.736. The van der Waals surface area contributed by atoms with Crippen molar-refractivity contribution in [2.45, 2.75) is 30.7 Å². The van der Waals surface area contributed by atoms with Crippen molar-refractivity contribution in [3.8, 4) is 5.75 Å². The van der Waals surface area contributed by atoms with Gasteiger partial charge in [0.2, 0.25) is 10.0 Å². The van der Waals surface area contributed by atoms with Crippen molar-refractivity contribution >= 4 is 15.7 Å². The normalized spacial score (nSPS) is 15.9. The predicted octanol–water partition coefficient (Wildman–Crippen LogP) is 2.68. The Kier molecular flexibility index (Phi) is 6.13. The van der Waals surface area contributed by atoms with Crippen molar-refractivity contribution in [2.24, 2.45) is 12.2 Å². The first kappa shape index (κ1) is 21.1. The summed E-state index contributed by atoms with van der Waals surface area (Å²) in [6.07, 6.45) is -0.598. The van der Waals surface area contributed by atoms with Crippen LogP contribution < -0.4 is 4.74 Å². The van der Waals surface area contributed by atoms with Crippen LogP contribution in [0.25, 0.3) is 0 Å². The number of piperidine rings is 1. The Labute approximate surface area is 165 Å². The average molecular weight is 432 g/mol. The molecule has 12 heteroatoms. The van der Waals surface area contributed by atoms with Gasteiger partial charge in [-0.25, -0.2) is 13.4 Å². The summed E-state index contributed by atoms with van der Waals surface area (Å²) in [6.45, 7) is 0.614. The topological polar surface area (TPSA) is 86.0 Å². The molecule has 0 spiro atoms. The number of hydrogen-bond donors (Lipinski definition) is 0. The Bertz CT molecular complexity index is 961. The van der Waals surface area contributed by atoms with Gasteiger partial charge in [-0.1, -0.05) is 5.16 Å². The van der Waals surface area contributed by atoms with Gasteiger partial charge in [0.25, 0.3) is 0 Å². The van der Waals surface area contributed by atoms with Gasteiger partial charge < -0.3 is 14.1 Å². The van der Waals surface area contributed by atoms with Crippen LogP contribution in [0.2, 0.25) is 0 Å². The number of alkyl halides is 3. The van der Waals surface area contributed by atoms with Gasteiger partial charge in [0.15, 0.2) is 6.61 Å². The van der Waals surface area contributed by atoms with E-state index in [4.69, 9.17) is 4.84 Å². The Hall–Kier alpha value is -2.60. The molecule has 1 saturated heterocycles. The lowest BCUT2D eigenvalue weighted by atomic mass is 10.1. The largest absolute Gasteiger partial charge is 0.573 e. The second-order valence-corrected chi connectivity index (χ2v) is 8.25. The molecule has 3 rings (SSSR count). The van der Waals surface area contributed by atoms with Crippen molar-refractivity contribution in [3.05, 3.63) is 42.5 Å². The quantitative estimate of drug-likeness (QED) is 0.655. The highest BCUT2D eigenvalue weighted by molar-refractivity contribution is 7.89. The molecule has 0 aliphatic carbocycles. The molecule has 0 bridgehead atoms. The SMILES string of the molecule is Cn1ccnc1CON=C1CCN(S(=O)(=O)c2ccc(OC(F)(F)F)cc2)CC1. The summed E-state index contributed by atoms with van der Waals surface area (Å²) in [6, 6.07) is 4.14. The number of aryl methyl sites for hydroxylation is 1. The first-order chi connectivity index (χ1) is 13.6. The van der Waals surface area contributed by atoms with E-state index in [2.05, 4.69) is 14.9 Å². The molecule has 0 unspecified atom stereocenters. The van der Waals surface area contributed by atoms with Crippen LogP contribution in [0.3, 0.4) is 0 Å². The number of ether oxygens (including phenoxy) is 1. The van der Waals surface area contributed by atoms with Crippen LogP contribution >= 0.6 is 0 Å². The van der Waals surface area contributed by atoms with E-state index < -0.39 is 22.1 Å². The van der Waals surface area contributed by atoms with Gasteiger partial charge >= 0.3 is 6.36 Å². The van der Waals surface area contributed by atoms with Crippen LogP contribution in [0.4, 0.5) is 13.2 Å². The number of sulfonamides is 1. The lowest BCUT2D eigenvalue weighted by Gasteiger charge is -2.26. The zero-order valence-electron chi connectivity index (χ0n) is 15.5. The number of aromatic nitrogens is 2. The van der Waals surface area contributed by atoms with Crippen LogP contribution in [0, 0.1) is 0 Å². The third-order valence-corrected chi connectivity index (χ3v) is 6.22. The second kappa shape index (κ2) is 8.41. The molecule has 29 heavy (non-hydrogen) atoms. The van der Waals surface area contributed by atoms with E-state index in [0.717, 1.165) is 30.0 Å². The number of oxime groups is 1. The fraction of sp³-hybridized carbons (Fsp3) is 0.412. The Balaban J connectivity index is 1.56. The van der Waals surface area contributed by atoms with Crippen LogP contribution in [0.15, 0.2) is 46.7 Å². The lowest BCUT2D eigenvalue weighted by molar-refractivity contribution is -0.274. The number of imidazole rings is 1. The number of hydrogen-bond acceptors (Lipinski definition) is 6. The number of rotatable bonds is 6. The standard InChI is InChI=1S/C17H19F3N4O4S/c1-23-11-8-21-16(23)12-27-22-13-6-9-24(10-7-13)29(25,26)15-4-2-14(3-5-15)28-17(18,19)20/h2-5,8,11H,6-7,9-10,12H2,1H3. The molecule has 0 N–H and O–H groups in total. The molecule has 1 aromatic carbocycles. The third kappa shape index (κ3) is 5.48. The highest BCUT2D eigenvalue weighted by atomic mass is 32.2. The van der Waals surface area contributed by atoms with Crippen molar-refractivity contribution in [1.82, 2.24) is 13.9 Å². The number of halogens is 3. The molecule has 0 saturated carbocycles. The average Bonchev–Trinajstić information content (AvgIpc) is 3.06. The molecule has 0 amide bonds. The van der Waals surface area contributed by atoms with E-state index in [1.807, 2.05) is 7.05 Å². The zero-order chi connectivity index (χ0) is 21.1. The molecular weight excluding hydrogens is 413 g/mol. The summed E-state index contributed by atoms with van der Waals surface area (Å²) < 4.78 is 68.8. The molecule has 2 heterocycles. The molecule has 1 aliphatic rings. The van der Waals surface area contributed by atoms with Gasteiger partial charge in [0, 0.05) is 45.4 Å². The summed E-state index contributed by atoms with van der Waals surface area (Å²) in [5, 5.41) is 4.05. The van der Waals surface area contributed by atoms with E-state index in [9.17, 15) is 21.6 Å². The van der Waals surface area contributed by atoms with Crippen LogP contribution in [-0.4, -0.2) is 47.4 Å². The fourth-order valence-corrected chi connectivity index (χ4v) is 4.20. The smallest absolute Gasteiger partial charge is 0.406 e. The molecule has 1 fully saturated rings. The second-order valence-electron chi connectivity index (χ2n) is 6.31. The molecule has 0 radical (unpaired) electrons. The van der Waals surface area contributed by atoms with Gasteiger partial charge in [-0.15, -0.1) is 13.2 Å². The van der Waals surface area contributed by atoms with Crippen molar-refractivity contribution in [3.63, 3.8) is 0 Å². The molecular formula is C17H19F3N4O4S. The minimum absolute atomic E-state index is 0.0987. The Morgan fingerprint density at radius 2 is 1.83 bits per heavy atom. The molecule has 0 atom stereocenters. The number of benzene rings is 1. The number of nitrogens with zero attached hydrogens (tertiary/aromatic N) is 4. The van der Waals surface area contributed by atoms with E-state index in [1.54, 1.807) is 17.0 Å². The molecule has 1 aromatic heterocycles. The van der Waals surface area contributed by atoms with Crippen LogP contribution in [0.1, 0.15) is 18.7 Å². The first-order valence-electron chi connectivity index (χ1n) is 8.65. The highest BCUT2D eigenvalue weighted by Crippen LogP contribution is 2.26. The van der Waals surface area contributed by atoms with Crippen molar-refractivity contribution in [2.75, 3.05) is 13.1 Å². The van der Waals surface area contributed by atoms with Gasteiger partial charge in [-0.05, 0) is 24.3 Å². The molecule has 2 aromatic rings.